The molecule has 2 heterocycles. The number of carbonyl (C=O) groups excluding carboxylic acids is 1. The second-order valence-electron chi connectivity index (χ2n) is 8.07. The average molecular weight is 474 g/mol. The number of amides is 1. The van der Waals surface area contributed by atoms with Crippen LogP contribution in [-0.2, 0) is 0 Å². The Bertz CT molecular complexity index is 1120. The van der Waals surface area contributed by atoms with Gasteiger partial charge in [0.2, 0.25) is 0 Å². The Morgan fingerprint density at radius 2 is 1.85 bits per heavy atom. The van der Waals surface area contributed by atoms with Gasteiger partial charge in [-0.15, -0.1) is 0 Å². The molecule has 0 saturated carbocycles. The molecule has 10 heteroatoms. The minimum Gasteiger partial charge on any atom is -0.497 e. The first-order chi connectivity index (χ1) is 16.3. The number of hydrogen-bond acceptors (Lipinski definition) is 5. The normalized spacial score (nSPS) is 18.4. The van der Waals surface area contributed by atoms with Crippen molar-refractivity contribution >= 4 is 11.7 Å². The first kappa shape index (κ1) is 23.5. The van der Waals surface area contributed by atoms with Crippen LogP contribution in [0, 0.1) is 0 Å². The number of fused-ring (bicyclic) bond motifs is 1. The van der Waals surface area contributed by atoms with Crippen LogP contribution in [-0.4, -0.2) is 41.6 Å². The third kappa shape index (κ3) is 5.11. The number of aromatic nitrogens is 2. The monoisotopic (exact) mass is 474 g/mol. The SMILES string of the molecule is COc1ccc(OC(C)CNC(=O)c2cnn3c2NC(c2ccccc2)CC3C(F)(F)F)cc1. The summed E-state index contributed by atoms with van der Waals surface area (Å²) in [5, 5.41) is 9.70. The van der Waals surface area contributed by atoms with Crippen LogP contribution in [0.15, 0.2) is 60.8 Å². The molecule has 4 rings (SSSR count). The number of hydrogen-bond donors (Lipinski definition) is 2. The molecule has 2 aromatic carbocycles. The fourth-order valence-corrected chi connectivity index (χ4v) is 3.89. The highest BCUT2D eigenvalue weighted by Crippen LogP contribution is 2.44. The molecule has 1 amide bonds. The smallest absolute Gasteiger partial charge is 0.410 e. The lowest BCUT2D eigenvalue weighted by Crippen LogP contribution is -2.37. The van der Waals surface area contributed by atoms with Crippen LogP contribution >= 0.6 is 0 Å². The van der Waals surface area contributed by atoms with Crippen LogP contribution in [0.1, 0.15) is 41.3 Å². The Morgan fingerprint density at radius 3 is 2.50 bits per heavy atom. The van der Waals surface area contributed by atoms with Crippen molar-refractivity contribution in [3.05, 3.63) is 71.9 Å². The van der Waals surface area contributed by atoms with Crippen LogP contribution in [0.25, 0.3) is 0 Å². The molecule has 0 saturated heterocycles. The quantitative estimate of drug-likeness (QED) is 0.517. The van der Waals surface area contributed by atoms with Gasteiger partial charge in [0, 0.05) is 6.42 Å². The average Bonchev–Trinajstić information content (AvgIpc) is 3.26. The van der Waals surface area contributed by atoms with E-state index in [-0.39, 0.29) is 30.5 Å². The predicted octanol–water partition coefficient (Wildman–Crippen LogP) is 4.75. The number of ether oxygens (including phenoxy) is 2. The van der Waals surface area contributed by atoms with E-state index in [4.69, 9.17) is 9.47 Å². The lowest BCUT2D eigenvalue weighted by Gasteiger charge is -2.34. The Kier molecular flexibility index (Phi) is 6.67. The summed E-state index contributed by atoms with van der Waals surface area (Å²) in [7, 11) is 1.57. The van der Waals surface area contributed by atoms with Crippen LogP contribution < -0.4 is 20.1 Å². The molecule has 3 unspecified atom stereocenters. The largest absolute Gasteiger partial charge is 0.497 e. The van der Waals surface area contributed by atoms with Crippen molar-refractivity contribution in [1.82, 2.24) is 15.1 Å². The molecule has 0 aliphatic carbocycles. The van der Waals surface area contributed by atoms with E-state index in [0.29, 0.717) is 17.1 Å². The Morgan fingerprint density at radius 1 is 1.18 bits per heavy atom. The molecule has 0 radical (unpaired) electrons. The molecule has 3 atom stereocenters. The number of alkyl halides is 3. The molecular weight excluding hydrogens is 449 g/mol. The van der Waals surface area contributed by atoms with Crippen molar-refractivity contribution < 1.29 is 27.4 Å². The summed E-state index contributed by atoms with van der Waals surface area (Å²) in [5.41, 5.74) is 0.753. The molecule has 34 heavy (non-hydrogen) atoms. The fraction of sp³-hybridized carbons (Fsp3) is 0.333. The predicted molar refractivity (Wildman–Crippen MR) is 120 cm³/mol. The van der Waals surface area contributed by atoms with Gasteiger partial charge in [0.15, 0.2) is 6.04 Å². The van der Waals surface area contributed by atoms with Gasteiger partial charge in [0.25, 0.3) is 5.91 Å². The van der Waals surface area contributed by atoms with Gasteiger partial charge in [-0.25, -0.2) is 4.68 Å². The summed E-state index contributed by atoms with van der Waals surface area (Å²) in [4.78, 5) is 12.9. The van der Waals surface area contributed by atoms with Gasteiger partial charge in [-0.1, -0.05) is 30.3 Å². The first-order valence-electron chi connectivity index (χ1n) is 10.8. The summed E-state index contributed by atoms with van der Waals surface area (Å²) < 4.78 is 53.2. The maximum absolute atomic E-state index is 13.8. The van der Waals surface area contributed by atoms with Gasteiger partial charge >= 0.3 is 6.18 Å². The zero-order valence-corrected chi connectivity index (χ0v) is 18.7. The molecule has 1 aromatic heterocycles. The zero-order chi connectivity index (χ0) is 24.3. The van der Waals surface area contributed by atoms with Crippen LogP contribution in [0.2, 0.25) is 0 Å². The second kappa shape index (κ2) is 9.66. The third-order valence-electron chi connectivity index (χ3n) is 5.63. The van der Waals surface area contributed by atoms with Crippen molar-refractivity contribution in [2.75, 3.05) is 19.0 Å². The molecule has 7 nitrogen and oxygen atoms in total. The number of nitrogens with one attached hydrogen (secondary N) is 2. The lowest BCUT2D eigenvalue weighted by atomic mass is 9.96. The van der Waals surface area contributed by atoms with E-state index in [0.717, 1.165) is 4.68 Å². The minimum atomic E-state index is -4.51. The molecule has 3 aromatic rings. The van der Waals surface area contributed by atoms with Crippen LogP contribution in [0.4, 0.5) is 19.0 Å². The molecule has 0 bridgehead atoms. The second-order valence-corrected chi connectivity index (χ2v) is 8.07. The van der Waals surface area contributed by atoms with E-state index in [2.05, 4.69) is 15.7 Å². The van der Waals surface area contributed by atoms with Crippen molar-refractivity contribution in [1.29, 1.82) is 0 Å². The van der Waals surface area contributed by atoms with E-state index < -0.39 is 24.2 Å². The molecule has 1 aliphatic heterocycles. The molecular formula is C24H25F3N4O3. The maximum Gasteiger partial charge on any atom is 0.410 e. The van der Waals surface area contributed by atoms with Crippen LogP contribution in [0.5, 0.6) is 11.5 Å². The topological polar surface area (TPSA) is 77.4 Å². The van der Waals surface area contributed by atoms with Gasteiger partial charge in [-0.3, -0.25) is 4.79 Å². The summed E-state index contributed by atoms with van der Waals surface area (Å²) in [6.07, 6.45) is -3.95. The standard InChI is InChI=1S/C24H25F3N4O3/c1-15(34-18-10-8-17(33-2)9-11-18)13-28-23(32)19-14-29-31-21(24(25,26)27)12-20(30-22(19)31)16-6-4-3-5-7-16/h3-11,14-15,20-21,30H,12-13H2,1-2H3,(H,28,32). The highest BCUT2D eigenvalue weighted by Gasteiger charge is 2.47. The van der Waals surface area contributed by atoms with Crippen molar-refractivity contribution in [3.8, 4) is 11.5 Å². The van der Waals surface area contributed by atoms with Gasteiger partial charge in [0.1, 0.15) is 29.0 Å². The van der Waals surface area contributed by atoms with Gasteiger partial charge in [-0.05, 0) is 36.8 Å². The lowest BCUT2D eigenvalue weighted by molar-refractivity contribution is -0.173. The third-order valence-corrected chi connectivity index (χ3v) is 5.63. The summed E-state index contributed by atoms with van der Waals surface area (Å²) in [6, 6.07) is 13.4. The Balaban J connectivity index is 1.47. The number of rotatable bonds is 7. The first-order valence-corrected chi connectivity index (χ1v) is 10.8. The Labute approximate surface area is 194 Å². The van der Waals surface area contributed by atoms with Crippen molar-refractivity contribution in [2.24, 2.45) is 0 Å². The summed E-state index contributed by atoms with van der Waals surface area (Å²) in [6.45, 7) is 1.93. The number of nitrogens with zero attached hydrogens (tertiary/aromatic N) is 2. The zero-order valence-electron chi connectivity index (χ0n) is 18.7. The number of carbonyl (C=O) groups is 1. The molecule has 1 aliphatic rings. The fourth-order valence-electron chi connectivity index (χ4n) is 3.89. The van der Waals surface area contributed by atoms with Crippen LogP contribution in [0.3, 0.4) is 0 Å². The molecule has 2 N–H and O–H groups in total. The maximum atomic E-state index is 13.8. The minimum absolute atomic E-state index is 0.0450. The number of anilines is 1. The van der Waals surface area contributed by atoms with Gasteiger partial charge in [0.05, 0.1) is 25.9 Å². The van der Waals surface area contributed by atoms with E-state index >= 15 is 0 Å². The van der Waals surface area contributed by atoms with E-state index in [1.54, 1.807) is 68.6 Å². The Hall–Kier alpha value is -3.69. The summed E-state index contributed by atoms with van der Waals surface area (Å²) in [5.74, 6) is 0.806. The van der Waals surface area contributed by atoms with Crippen molar-refractivity contribution in [2.45, 2.75) is 37.7 Å². The van der Waals surface area contributed by atoms with Crippen molar-refractivity contribution in [3.63, 3.8) is 0 Å². The van der Waals surface area contributed by atoms with E-state index in [9.17, 15) is 18.0 Å². The van der Waals surface area contributed by atoms with Gasteiger partial charge in [-0.2, -0.15) is 18.3 Å². The molecule has 180 valence electrons. The highest BCUT2D eigenvalue weighted by molar-refractivity contribution is 5.98. The number of halogens is 3. The number of methoxy groups -OCH3 is 1. The summed E-state index contributed by atoms with van der Waals surface area (Å²) >= 11 is 0. The number of benzene rings is 2. The van der Waals surface area contributed by atoms with Gasteiger partial charge < -0.3 is 20.1 Å². The van der Waals surface area contributed by atoms with E-state index in [1.807, 2.05) is 0 Å². The molecule has 0 fully saturated rings. The van der Waals surface area contributed by atoms with E-state index in [1.165, 1.54) is 6.20 Å². The highest BCUT2D eigenvalue weighted by atomic mass is 19.4. The molecule has 0 spiro atoms.